The summed E-state index contributed by atoms with van der Waals surface area (Å²) in [5.74, 6) is 0.562. The van der Waals surface area contributed by atoms with Crippen molar-refractivity contribution in [2.75, 3.05) is 26.3 Å². The second-order valence-corrected chi connectivity index (χ2v) is 8.22. The summed E-state index contributed by atoms with van der Waals surface area (Å²) >= 11 is 0. The smallest absolute Gasteiger partial charge is 0.247 e. The zero-order chi connectivity index (χ0) is 16.9. The highest BCUT2D eigenvalue weighted by atomic mass is 32.2. The Hall–Kier alpha value is -1.80. The highest BCUT2D eigenvalue weighted by Gasteiger charge is 2.46. The predicted molar refractivity (Wildman–Crippen MR) is 85.5 cm³/mol. The second-order valence-electron chi connectivity index (χ2n) is 6.36. The van der Waals surface area contributed by atoms with Crippen LogP contribution in [0.15, 0.2) is 23.1 Å². The molecule has 0 unspecified atom stereocenters. The summed E-state index contributed by atoms with van der Waals surface area (Å²) in [7, 11) is -3.84. The molecule has 130 valence electrons. The molecule has 0 aliphatic carbocycles. The van der Waals surface area contributed by atoms with Gasteiger partial charge in [0.25, 0.3) is 0 Å². The first-order valence-corrected chi connectivity index (χ1v) is 9.65. The first-order chi connectivity index (χ1) is 11.5. The van der Waals surface area contributed by atoms with Crippen LogP contribution in [0.4, 0.5) is 0 Å². The van der Waals surface area contributed by atoms with Crippen LogP contribution in [-0.2, 0) is 14.8 Å². The van der Waals surface area contributed by atoms with Crippen molar-refractivity contribution in [1.82, 2.24) is 9.21 Å². The standard InChI is InChI=1S/C16H20N2O5S/c1-11-16(19)17-7-3-4-12(17)10-18(11)24(20,21)14-6-2-5-13-15(14)23-9-8-22-13/h2,5-6,11-12H,3-4,7-10H2,1H3/t11-,12-/m0/s1. The molecule has 4 rings (SSSR count). The number of hydrogen-bond donors (Lipinski definition) is 0. The van der Waals surface area contributed by atoms with Gasteiger partial charge in [-0.2, -0.15) is 4.31 Å². The number of carbonyl (C=O) groups excluding carboxylic acids is 1. The van der Waals surface area contributed by atoms with Gasteiger partial charge < -0.3 is 14.4 Å². The van der Waals surface area contributed by atoms with Crippen molar-refractivity contribution in [3.05, 3.63) is 18.2 Å². The van der Waals surface area contributed by atoms with E-state index in [2.05, 4.69) is 0 Å². The predicted octanol–water partition coefficient (Wildman–Crippen LogP) is 0.842. The Bertz CT molecular complexity index is 779. The van der Waals surface area contributed by atoms with Crippen LogP contribution in [-0.4, -0.2) is 61.9 Å². The van der Waals surface area contributed by atoms with Crippen molar-refractivity contribution in [2.45, 2.75) is 36.7 Å². The van der Waals surface area contributed by atoms with Crippen molar-refractivity contribution in [3.8, 4) is 11.5 Å². The van der Waals surface area contributed by atoms with E-state index in [1.165, 1.54) is 10.4 Å². The number of piperazine rings is 1. The second kappa shape index (κ2) is 5.63. The molecule has 0 aromatic heterocycles. The first-order valence-electron chi connectivity index (χ1n) is 8.21. The van der Waals surface area contributed by atoms with E-state index < -0.39 is 16.1 Å². The molecule has 0 N–H and O–H groups in total. The molecule has 8 heteroatoms. The third kappa shape index (κ3) is 2.28. The molecule has 3 aliphatic rings. The maximum absolute atomic E-state index is 13.2. The molecule has 2 fully saturated rings. The Morgan fingerprint density at radius 3 is 2.83 bits per heavy atom. The average Bonchev–Trinajstić information content (AvgIpc) is 3.06. The van der Waals surface area contributed by atoms with Crippen LogP contribution < -0.4 is 9.47 Å². The first kappa shape index (κ1) is 15.7. The molecule has 1 aromatic carbocycles. The summed E-state index contributed by atoms with van der Waals surface area (Å²) < 4.78 is 38.8. The average molecular weight is 352 g/mol. The number of nitrogens with zero attached hydrogens (tertiary/aromatic N) is 2. The minimum atomic E-state index is -3.84. The van der Waals surface area contributed by atoms with Crippen LogP contribution in [0.5, 0.6) is 11.5 Å². The van der Waals surface area contributed by atoms with Gasteiger partial charge >= 0.3 is 0 Å². The number of carbonyl (C=O) groups is 1. The summed E-state index contributed by atoms with van der Waals surface area (Å²) in [6.07, 6.45) is 1.77. The van der Waals surface area contributed by atoms with Crippen molar-refractivity contribution in [2.24, 2.45) is 0 Å². The minimum Gasteiger partial charge on any atom is -0.486 e. The van der Waals surface area contributed by atoms with E-state index in [0.29, 0.717) is 25.5 Å². The lowest BCUT2D eigenvalue weighted by atomic mass is 10.1. The molecule has 0 saturated carbocycles. The van der Waals surface area contributed by atoms with Crippen molar-refractivity contribution in [3.63, 3.8) is 0 Å². The van der Waals surface area contributed by atoms with E-state index >= 15 is 0 Å². The minimum absolute atomic E-state index is 0.0276. The van der Waals surface area contributed by atoms with Gasteiger partial charge in [-0.15, -0.1) is 0 Å². The van der Waals surface area contributed by atoms with Gasteiger partial charge in [-0.05, 0) is 31.9 Å². The highest BCUT2D eigenvalue weighted by Crippen LogP contribution is 2.39. The third-order valence-electron chi connectivity index (χ3n) is 4.96. The Morgan fingerprint density at radius 1 is 1.21 bits per heavy atom. The molecular weight excluding hydrogens is 332 g/mol. The van der Waals surface area contributed by atoms with Crippen molar-refractivity contribution in [1.29, 1.82) is 0 Å². The van der Waals surface area contributed by atoms with E-state index in [1.807, 2.05) is 4.90 Å². The molecule has 2 atom stereocenters. The quantitative estimate of drug-likeness (QED) is 0.788. The lowest BCUT2D eigenvalue weighted by Gasteiger charge is -2.40. The van der Waals surface area contributed by atoms with Gasteiger partial charge in [-0.25, -0.2) is 8.42 Å². The molecular formula is C16H20N2O5S. The van der Waals surface area contributed by atoms with Crippen LogP contribution in [0.1, 0.15) is 19.8 Å². The van der Waals surface area contributed by atoms with Crippen LogP contribution in [0, 0.1) is 0 Å². The number of fused-ring (bicyclic) bond motifs is 2. The summed E-state index contributed by atoms with van der Waals surface area (Å²) in [5, 5.41) is 0. The monoisotopic (exact) mass is 352 g/mol. The van der Waals surface area contributed by atoms with E-state index in [0.717, 1.165) is 19.4 Å². The van der Waals surface area contributed by atoms with Crippen LogP contribution in [0.2, 0.25) is 0 Å². The van der Waals surface area contributed by atoms with Gasteiger partial charge in [-0.3, -0.25) is 4.79 Å². The van der Waals surface area contributed by atoms with E-state index in [4.69, 9.17) is 9.47 Å². The topological polar surface area (TPSA) is 76.2 Å². The zero-order valence-electron chi connectivity index (χ0n) is 13.5. The summed E-state index contributed by atoms with van der Waals surface area (Å²) in [6.45, 7) is 3.41. The number of amides is 1. The lowest BCUT2D eigenvalue weighted by Crippen LogP contribution is -2.59. The lowest BCUT2D eigenvalue weighted by molar-refractivity contribution is -0.139. The fraction of sp³-hybridized carbons (Fsp3) is 0.562. The number of sulfonamides is 1. The number of hydrogen-bond acceptors (Lipinski definition) is 5. The molecule has 7 nitrogen and oxygen atoms in total. The Balaban J connectivity index is 1.74. The molecule has 2 saturated heterocycles. The van der Waals surface area contributed by atoms with E-state index in [9.17, 15) is 13.2 Å². The largest absolute Gasteiger partial charge is 0.486 e. The van der Waals surface area contributed by atoms with Crippen LogP contribution in [0.25, 0.3) is 0 Å². The normalized spacial score (nSPS) is 27.2. The van der Waals surface area contributed by atoms with Gasteiger partial charge in [0.2, 0.25) is 15.9 Å². The van der Waals surface area contributed by atoms with E-state index in [-0.39, 0.29) is 22.6 Å². The molecule has 0 bridgehead atoms. The van der Waals surface area contributed by atoms with Gasteiger partial charge in [0.1, 0.15) is 24.2 Å². The molecule has 1 amide bonds. The van der Waals surface area contributed by atoms with Crippen molar-refractivity contribution < 1.29 is 22.7 Å². The van der Waals surface area contributed by atoms with Gasteiger partial charge in [0.15, 0.2) is 11.5 Å². The number of ether oxygens (including phenoxy) is 2. The van der Waals surface area contributed by atoms with Crippen molar-refractivity contribution >= 4 is 15.9 Å². The molecule has 1 aromatic rings. The van der Waals surface area contributed by atoms with Crippen LogP contribution in [0.3, 0.4) is 0 Å². The SMILES string of the molecule is C[C@H]1C(=O)N2CCC[C@H]2CN1S(=O)(=O)c1cccc2c1OCCO2. The Kier molecular flexibility index (Phi) is 3.69. The number of benzene rings is 1. The maximum Gasteiger partial charge on any atom is 0.247 e. The van der Waals surface area contributed by atoms with Crippen LogP contribution >= 0.6 is 0 Å². The Labute approximate surface area is 141 Å². The Morgan fingerprint density at radius 2 is 2.00 bits per heavy atom. The zero-order valence-corrected chi connectivity index (χ0v) is 14.3. The third-order valence-corrected chi connectivity index (χ3v) is 6.92. The molecule has 3 heterocycles. The molecule has 0 radical (unpaired) electrons. The van der Waals surface area contributed by atoms with Gasteiger partial charge in [-0.1, -0.05) is 6.07 Å². The van der Waals surface area contributed by atoms with Gasteiger partial charge in [0.05, 0.1) is 0 Å². The summed E-state index contributed by atoms with van der Waals surface area (Å²) in [5.41, 5.74) is 0. The van der Waals surface area contributed by atoms with E-state index in [1.54, 1.807) is 19.1 Å². The fourth-order valence-electron chi connectivity index (χ4n) is 3.73. The summed E-state index contributed by atoms with van der Waals surface area (Å²) in [4.78, 5) is 14.4. The summed E-state index contributed by atoms with van der Waals surface area (Å²) in [6, 6.07) is 4.11. The highest BCUT2D eigenvalue weighted by molar-refractivity contribution is 7.89. The number of para-hydroxylation sites is 1. The fourth-order valence-corrected chi connectivity index (χ4v) is 5.50. The van der Waals surface area contributed by atoms with Gasteiger partial charge in [0, 0.05) is 19.1 Å². The molecule has 24 heavy (non-hydrogen) atoms. The maximum atomic E-state index is 13.2. The molecule has 3 aliphatic heterocycles. The molecule has 0 spiro atoms. The number of rotatable bonds is 2.